The van der Waals surface area contributed by atoms with Crippen LogP contribution in [-0.4, -0.2) is 30.3 Å². The van der Waals surface area contributed by atoms with Crippen molar-refractivity contribution in [1.29, 1.82) is 0 Å². The monoisotopic (exact) mass is 215 g/mol. The molecule has 0 radical (unpaired) electrons. The van der Waals surface area contributed by atoms with Crippen molar-refractivity contribution in [1.82, 2.24) is 4.90 Å². The summed E-state index contributed by atoms with van der Waals surface area (Å²) in [4.78, 5) is 2.63. The van der Waals surface area contributed by atoms with Crippen molar-refractivity contribution >= 4 is 12.6 Å². The summed E-state index contributed by atoms with van der Waals surface area (Å²) in [6.07, 6.45) is 4.17. The fourth-order valence-electron chi connectivity index (χ4n) is 2.28. The minimum absolute atomic E-state index is 0.374. The first kappa shape index (κ1) is 12.4. The van der Waals surface area contributed by atoms with Crippen LogP contribution in [0.25, 0.3) is 0 Å². The molecule has 0 amide bonds. The minimum atomic E-state index is 0.374. The van der Waals surface area contributed by atoms with Crippen LogP contribution in [0.3, 0.4) is 0 Å². The molecule has 0 aromatic heterocycles. The molecule has 0 bridgehead atoms. The molecule has 0 aliphatic carbocycles. The van der Waals surface area contributed by atoms with Gasteiger partial charge in [-0.25, -0.2) is 0 Å². The highest BCUT2D eigenvalue weighted by Crippen LogP contribution is 2.24. The largest absolute Gasteiger partial charge is 0.303 e. The minimum Gasteiger partial charge on any atom is -0.303 e. The zero-order chi connectivity index (χ0) is 10.6. The quantitative estimate of drug-likeness (QED) is 0.705. The SMILES string of the molecule is CCC1CCCN(CC(C)(C)CS)C1. The zero-order valence-electron chi connectivity index (χ0n) is 9.92. The van der Waals surface area contributed by atoms with Gasteiger partial charge in [0.05, 0.1) is 0 Å². The lowest BCUT2D eigenvalue weighted by Gasteiger charge is -2.37. The highest BCUT2D eigenvalue weighted by Gasteiger charge is 2.24. The molecule has 0 aromatic carbocycles. The normalized spacial score (nSPS) is 25.3. The van der Waals surface area contributed by atoms with Crippen molar-refractivity contribution in [3.8, 4) is 0 Å². The van der Waals surface area contributed by atoms with Gasteiger partial charge in [-0.05, 0) is 36.5 Å². The van der Waals surface area contributed by atoms with Crippen molar-refractivity contribution in [2.75, 3.05) is 25.4 Å². The first-order valence-corrected chi connectivity index (χ1v) is 6.54. The van der Waals surface area contributed by atoms with Crippen LogP contribution in [0.2, 0.25) is 0 Å². The van der Waals surface area contributed by atoms with E-state index in [-0.39, 0.29) is 0 Å². The number of hydrogen-bond donors (Lipinski definition) is 1. The molecule has 0 spiro atoms. The maximum Gasteiger partial charge on any atom is 0.00406 e. The average Bonchev–Trinajstić information content (AvgIpc) is 2.17. The van der Waals surface area contributed by atoms with Gasteiger partial charge in [0.2, 0.25) is 0 Å². The number of nitrogens with zero attached hydrogens (tertiary/aromatic N) is 1. The fraction of sp³-hybridized carbons (Fsp3) is 1.00. The molecule has 1 nitrogen and oxygen atoms in total. The van der Waals surface area contributed by atoms with Gasteiger partial charge < -0.3 is 4.90 Å². The molecule has 1 aliphatic rings. The molecule has 1 rings (SSSR count). The van der Waals surface area contributed by atoms with Gasteiger partial charge in [-0.15, -0.1) is 0 Å². The summed E-state index contributed by atoms with van der Waals surface area (Å²) in [5, 5.41) is 0. The van der Waals surface area contributed by atoms with E-state index in [1.807, 2.05) is 0 Å². The Morgan fingerprint density at radius 2 is 2.14 bits per heavy atom. The summed E-state index contributed by atoms with van der Waals surface area (Å²) in [6, 6.07) is 0. The molecule has 1 unspecified atom stereocenters. The van der Waals surface area contributed by atoms with E-state index in [1.54, 1.807) is 0 Å². The van der Waals surface area contributed by atoms with E-state index < -0.39 is 0 Å². The molecular weight excluding hydrogens is 190 g/mol. The zero-order valence-corrected chi connectivity index (χ0v) is 10.8. The summed E-state index contributed by atoms with van der Waals surface area (Å²) in [6.45, 7) is 10.8. The van der Waals surface area contributed by atoms with E-state index in [1.165, 1.54) is 38.9 Å². The third kappa shape index (κ3) is 3.82. The van der Waals surface area contributed by atoms with Crippen LogP contribution in [0.4, 0.5) is 0 Å². The van der Waals surface area contributed by atoms with Crippen LogP contribution >= 0.6 is 12.6 Å². The molecule has 1 saturated heterocycles. The second kappa shape index (κ2) is 5.41. The first-order valence-electron chi connectivity index (χ1n) is 5.90. The van der Waals surface area contributed by atoms with Gasteiger partial charge in [-0.1, -0.05) is 27.2 Å². The second-order valence-electron chi connectivity index (χ2n) is 5.47. The standard InChI is InChI=1S/C12H25NS/c1-4-11-6-5-7-13(8-11)9-12(2,3)10-14/h11,14H,4-10H2,1-3H3. The molecule has 0 aromatic rings. The molecule has 2 heteroatoms. The summed E-state index contributed by atoms with van der Waals surface area (Å²) in [7, 11) is 0. The van der Waals surface area contributed by atoms with Crippen LogP contribution in [0.1, 0.15) is 40.0 Å². The van der Waals surface area contributed by atoms with Crippen molar-refractivity contribution in [3.63, 3.8) is 0 Å². The Morgan fingerprint density at radius 3 is 2.71 bits per heavy atom. The first-order chi connectivity index (χ1) is 6.57. The van der Waals surface area contributed by atoms with E-state index in [9.17, 15) is 0 Å². The molecule has 1 fully saturated rings. The number of rotatable bonds is 4. The predicted molar refractivity (Wildman–Crippen MR) is 67.1 cm³/mol. The molecule has 14 heavy (non-hydrogen) atoms. The third-order valence-electron chi connectivity index (χ3n) is 3.26. The van der Waals surface area contributed by atoms with Crippen LogP contribution in [0, 0.1) is 11.3 Å². The second-order valence-corrected chi connectivity index (χ2v) is 5.79. The van der Waals surface area contributed by atoms with E-state index in [0.29, 0.717) is 5.41 Å². The lowest BCUT2D eigenvalue weighted by molar-refractivity contribution is 0.128. The Balaban J connectivity index is 2.37. The van der Waals surface area contributed by atoms with Gasteiger partial charge in [-0.3, -0.25) is 0 Å². The van der Waals surface area contributed by atoms with Crippen LogP contribution in [0.15, 0.2) is 0 Å². The van der Waals surface area contributed by atoms with Crippen LogP contribution in [-0.2, 0) is 0 Å². The van der Waals surface area contributed by atoms with E-state index in [4.69, 9.17) is 0 Å². The van der Waals surface area contributed by atoms with E-state index >= 15 is 0 Å². The summed E-state index contributed by atoms with van der Waals surface area (Å²) < 4.78 is 0. The highest BCUT2D eigenvalue weighted by atomic mass is 32.1. The number of thiol groups is 1. The van der Waals surface area contributed by atoms with Gasteiger partial charge in [0.15, 0.2) is 0 Å². The van der Waals surface area contributed by atoms with Gasteiger partial charge in [-0.2, -0.15) is 12.6 Å². The fourth-order valence-corrected chi connectivity index (χ4v) is 2.38. The van der Waals surface area contributed by atoms with E-state index in [0.717, 1.165) is 11.7 Å². The Morgan fingerprint density at radius 1 is 1.43 bits per heavy atom. The third-order valence-corrected chi connectivity index (χ3v) is 4.12. The number of piperidine rings is 1. The highest BCUT2D eigenvalue weighted by molar-refractivity contribution is 7.80. The van der Waals surface area contributed by atoms with Crippen molar-refractivity contribution in [2.24, 2.45) is 11.3 Å². The van der Waals surface area contributed by atoms with Crippen LogP contribution < -0.4 is 0 Å². The van der Waals surface area contributed by atoms with Crippen molar-refractivity contribution < 1.29 is 0 Å². The van der Waals surface area contributed by atoms with Crippen LogP contribution in [0.5, 0.6) is 0 Å². The molecule has 0 N–H and O–H groups in total. The molecule has 1 heterocycles. The summed E-state index contributed by atoms with van der Waals surface area (Å²) in [5.41, 5.74) is 0.374. The van der Waals surface area contributed by atoms with Crippen molar-refractivity contribution in [3.05, 3.63) is 0 Å². The Kier molecular flexibility index (Phi) is 4.78. The molecule has 1 atom stereocenters. The van der Waals surface area contributed by atoms with Gasteiger partial charge in [0.1, 0.15) is 0 Å². The average molecular weight is 215 g/mol. The number of likely N-dealkylation sites (tertiary alicyclic amines) is 1. The summed E-state index contributed by atoms with van der Waals surface area (Å²) in [5.74, 6) is 1.93. The Labute approximate surface area is 94.7 Å². The predicted octanol–water partition coefficient (Wildman–Crippen LogP) is 3.06. The smallest absolute Gasteiger partial charge is 0.00406 e. The maximum atomic E-state index is 4.42. The van der Waals surface area contributed by atoms with Gasteiger partial charge >= 0.3 is 0 Å². The summed E-state index contributed by atoms with van der Waals surface area (Å²) >= 11 is 4.42. The van der Waals surface area contributed by atoms with E-state index in [2.05, 4.69) is 38.3 Å². The van der Waals surface area contributed by atoms with Crippen molar-refractivity contribution in [2.45, 2.75) is 40.0 Å². The number of hydrogen-bond acceptors (Lipinski definition) is 2. The molecular formula is C12H25NS. The Bertz CT molecular complexity index is 168. The Hall–Kier alpha value is 0.310. The van der Waals surface area contributed by atoms with Gasteiger partial charge in [0, 0.05) is 13.1 Å². The van der Waals surface area contributed by atoms with Gasteiger partial charge in [0.25, 0.3) is 0 Å². The lowest BCUT2D eigenvalue weighted by atomic mass is 9.91. The molecule has 84 valence electrons. The maximum absolute atomic E-state index is 4.42. The topological polar surface area (TPSA) is 3.24 Å². The lowest BCUT2D eigenvalue weighted by Crippen LogP contribution is -2.41. The molecule has 1 aliphatic heterocycles. The molecule has 0 saturated carbocycles.